The van der Waals surface area contributed by atoms with Crippen LogP contribution in [0, 0.1) is 0 Å². The summed E-state index contributed by atoms with van der Waals surface area (Å²) in [7, 11) is -3.87. The molecule has 0 amide bonds. The van der Waals surface area contributed by atoms with Gasteiger partial charge < -0.3 is 9.80 Å². The Morgan fingerprint density at radius 1 is 0.519 bits per heavy atom. The lowest BCUT2D eigenvalue weighted by molar-refractivity contribution is 0.594. The predicted octanol–water partition coefficient (Wildman–Crippen LogP) is 11.7. The Bertz CT molecular complexity index is 2790. The van der Waals surface area contributed by atoms with Gasteiger partial charge in [0.15, 0.2) is 0 Å². The smallest absolute Gasteiger partial charge is 0.210 e. The first kappa shape index (κ1) is 31.1. The van der Waals surface area contributed by atoms with E-state index >= 15 is 0 Å². The van der Waals surface area contributed by atoms with Gasteiger partial charge in [-0.2, -0.15) is 0 Å². The highest BCUT2D eigenvalue weighted by Crippen LogP contribution is 2.66. The number of benzene rings is 7. The lowest BCUT2D eigenvalue weighted by atomic mass is 9.64. The van der Waals surface area contributed by atoms with Gasteiger partial charge in [-0.15, -0.1) is 0 Å². The van der Waals surface area contributed by atoms with Crippen molar-refractivity contribution in [3.63, 3.8) is 0 Å². The minimum Gasteiger partial charge on any atom is -0.311 e. The third-order valence-corrected chi connectivity index (χ3v) is 13.6. The highest BCUT2D eigenvalue weighted by atomic mass is 32.2. The molecule has 2 aliphatic heterocycles. The number of sulfone groups is 1. The van der Waals surface area contributed by atoms with Gasteiger partial charge in [-0.05, 0) is 88.3 Å². The third kappa shape index (κ3) is 4.10. The fourth-order valence-corrected chi connectivity index (χ4v) is 11.2. The van der Waals surface area contributed by atoms with Crippen molar-refractivity contribution in [1.82, 2.24) is 0 Å². The van der Waals surface area contributed by atoms with Gasteiger partial charge in [0.25, 0.3) is 0 Å². The van der Waals surface area contributed by atoms with Crippen LogP contribution in [0.1, 0.15) is 40.2 Å². The molecule has 0 radical (unpaired) electrons. The molecule has 7 aromatic carbocycles. The number of para-hydroxylation sites is 4. The maximum Gasteiger partial charge on any atom is 0.210 e. The molecule has 258 valence electrons. The van der Waals surface area contributed by atoms with E-state index in [1.807, 2.05) is 30.3 Å². The van der Waals surface area contributed by atoms with E-state index in [2.05, 4.69) is 161 Å². The fourth-order valence-electron chi connectivity index (χ4n) is 9.61. The topological polar surface area (TPSA) is 40.6 Å². The summed E-state index contributed by atoms with van der Waals surface area (Å²) in [5.74, 6) is 0.150. The van der Waals surface area contributed by atoms with Crippen LogP contribution in [0.25, 0.3) is 11.1 Å². The van der Waals surface area contributed by atoms with Crippen LogP contribution < -0.4 is 9.80 Å². The summed E-state index contributed by atoms with van der Waals surface area (Å²) < 4.78 is 29.6. The first-order valence-electron chi connectivity index (χ1n) is 18.5. The van der Waals surface area contributed by atoms with E-state index in [0.29, 0.717) is 15.5 Å². The van der Waals surface area contributed by atoms with Gasteiger partial charge in [0, 0.05) is 22.9 Å². The van der Waals surface area contributed by atoms with Crippen LogP contribution in [0.4, 0.5) is 28.4 Å². The van der Waals surface area contributed by atoms with Crippen LogP contribution in [0.5, 0.6) is 0 Å². The van der Waals surface area contributed by atoms with Crippen molar-refractivity contribution in [3.8, 4) is 11.1 Å². The SMILES string of the molecule is O=S1(=O)c2ccccc2N(C2=CC=CC(c3ccccc3)C2)c2c1ccc1c2-c2ccccc2C12c1ccccc1N(c1ccccc1)c1ccccc12. The maximum absolute atomic E-state index is 14.8. The summed E-state index contributed by atoms with van der Waals surface area (Å²) in [5.41, 5.74) is 12.8. The Hall–Kier alpha value is -6.43. The molecule has 0 saturated carbocycles. The minimum atomic E-state index is -3.87. The molecule has 1 atom stereocenters. The molecule has 1 spiro atoms. The molecule has 1 unspecified atom stereocenters. The Kier molecular flexibility index (Phi) is 6.65. The monoisotopic (exact) mass is 714 g/mol. The summed E-state index contributed by atoms with van der Waals surface area (Å²) in [5, 5.41) is 0. The second kappa shape index (κ2) is 11.5. The van der Waals surface area contributed by atoms with Crippen molar-refractivity contribution >= 4 is 38.3 Å². The largest absolute Gasteiger partial charge is 0.311 e. The third-order valence-electron chi connectivity index (χ3n) is 11.7. The van der Waals surface area contributed by atoms with Crippen LogP contribution in [-0.4, -0.2) is 8.42 Å². The molecule has 0 aromatic heterocycles. The van der Waals surface area contributed by atoms with Crippen molar-refractivity contribution in [3.05, 3.63) is 222 Å². The quantitative estimate of drug-likeness (QED) is 0.183. The zero-order valence-corrected chi connectivity index (χ0v) is 30.1. The number of allylic oxidation sites excluding steroid dienone is 4. The van der Waals surface area contributed by atoms with Crippen LogP contribution in [0.15, 0.2) is 204 Å². The molecule has 0 fully saturated rings. The number of fused-ring (bicyclic) bond motifs is 12. The Balaban J connectivity index is 1.23. The van der Waals surface area contributed by atoms with E-state index in [1.54, 1.807) is 6.07 Å². The van der Waals surface area contributed by atoms with Gasteiger partial charge in [0.1, 0.15) is 0 Å². The lowest BCUT2D eigenvalue weighted by Gasteiger charge is -2.45. The number of hydrogen-bond acceptors (Lipinski definition) is 4. The van der Waals surface area contributed by atoms with E-state index in [1.165, 1.54) is 5.56 Å². The summed E-state index contributed by atoms with van der Waals surface area (Å²) >= 11 is 0. The molecule has 5 heteroatoms. The van der Waals surface area contributed by atoms with E-state index < -0.39 is 15.3 Å². The van der Waals surface area contributed by atoms with Crippen molar-refractivity contribution < 1.29 is 8.42 Å². The Labute approximate surface area is 315 Å². The standard InChI is InChI=1S/C49H34N2O2S/c52-54(53)45-29-14-13-28-44(45)51(36-21-15-18-34(32-36)33-16-3-1-4-17-33)48-46(54)31-30-41-47(48)37-22-7-8-23-38(37)49(41)39-24-9-11-26-42(39)50(35-19-5-2-6-20-35)43-27-12-10-25-40(43)49/h1-31,34H,32H2. The van der Waals surface area contributed by atoms with Gasteiger partial charge >= 0.3 is 0 Å². The van der Waals surface area contributed by atoms with Crippen LogP contribution >= 0.6 is 0 Å². The number of anilines is 5. The van der Waals surface area contributed by atoms with Crippen LogP contribution in [0.2, 0.25) is 0 Å². The second-order valence-corrected chi connectivity index (χ2v) is 16.3. The molecule has 11 rings (SSSR count). The molecule has 2 aliphatic carbocycles. The van der Waals surface area contributed by atoms with Crippen molar-refractivity contribution in [2.75, 3.05) is 9.80 Å². The molecule has 4 aliphatic rings. The number of hydrogen-bond donors (Lipinski definition) is 0. The first-order chi connectivity index (χ1) is 26.6. The molecule has 7 aromatic rings. The molecule has 54 heavy (non-hydrogen) atoms. The zero-order valence-electron chi connectivity index (χ0n) is 29.3. The zero-order chi connectivity index (χ0) is 36.0. The summed E-state index contributed by atoms with van der Waals surface area (Å²) in [6.45, 7) is 0. The minimum absolute atomic E-state index is 0.150. The van der Waals surface area contributed by atoms with Gasteiger partial charge in [-0.1, -0.05) is 140 Å². The number of rotatable bonds is 3. The van der Waals surface area contributed by atoms with Crippen molar-refractivity contribution in [2.45, 2.75) is 27.5 Å². The predicted molar refractivity (Wildman–Crippen MR) is 217 cm³/mol. The Morgan fingerprint density at radius 3 is 1.83 bits per heavy atom. The van der Waals surface area contributed by atoms with E-state index in [9.17, 15) is 8.42 Å². The number of nitrogens with zero attached hydrogens (tertiary/aromatic N) is 2. The maximum atomic E-state index is 14.8. The van der Waals surface area contributed by atoms with Gasteiger partial charge in [-0.25, -0.2) is 8.42 Å². The second-order valence-electron chi connectivity index (χ2n) is 14.4. The van der Waals surface area contributed by atoms with Crippen LogP contribution in [-0.2, 0) is 15.3 Å². The summed E-state index contributed by atoms with van der Waals surface area (Å²) in [4.78, 5) is 5.29. The Morgan fingerprint density at radius 2 is 1.11 bits per heavy atom. The molecule has 0 saturated heterocycles. The average molecular weight is 715 g/mol. The average Bonchev–Trinajstić information content (AvgIpc) is 3.53. The molecule has 4 nitrogen and oxygen atoms in total. The summed E-state index contributed by atoms with van der Waals surface area (Å²) in [6.07, 6.45) is 7.27. The van der Waals surface area contributed by atoms with Crippen LogP contribution in [0.3, 0.4) is 0 Å². The van der Waals surface area contributed by atoms with E-state index in [4.69, 9.17) is 0 Å². The van der Waals surface area contributed by atoms with E-state index in [0.717, 1.165) is 68.2 Å². The highest BCUT2D eigenvalue weighted by molar-refractivity contribution is 7.92. The normalized spacial score (nSPS) is 17.8. The molecule has 0 N–H and O–H groups in total. The fraction of sp³-hybridized carbons (Fsp3) is 0.0612. The van der Waals surface area contributed by atoms with Gasteiger partial charge in [0.2, 0.25) is 9.84 Å². The highest BCUT2D eigenvalue weighted by Gasteiger charge is 2.54. The van der Waals surface area contributed by atoms with E-state index in [-0.39, 0.29) is 5.92 Å². The van der Waals surface area contributed by atoms with Crippen molar-refractivity contribution in [2.24, 2.45) is 0 Å². The van der Waals surface area contributed by atoms with Crippen molar-refractivity contribution in [1.29, 1.82) is 0 Å². The lowest BCUT2D eigenvalue weighted by Crippen LogP contribution is -2.36. The first-order valence-corrected chi connectivity index (χ1v) is 19.9. The molecule has 2 heterocycles. The van der Waals surface area contributed by atoms with Gasteiger partial charge in [0.05, 0.1) is 38.0 Å². The molecule has 0 bridgehead atoms. The van der Waals surface area contributed by atoms with Gasteiger partial charge in [-0.3, -0.25) is 0 Å². The molecular formula is C49H34N2O2S. The molecular weight excluding hydrogens is 681 g/mol. The summed E-state index contributed by atoms with van der Waals surface area (Å²) in [6, 6.07) is 58.7.